The Morgan fingerprint density at radius 3 is 2.54 bits per heavy atom. The van der Waals surface area contributed by atoms with Gasteiger partial charge in [0, 0.05) is 47.5 Å². The molecule has 0 aliphatic carbocycles. The molecule has 0 aliphatic rings. The summed E-state index contributed by atoms with van der Waals surface area (Å²) >= 11 is 0. The normalized spacial score (nSPS) is 12.1. The number of nitrogens with one attached hydrogen (secondary N) is 3. The number of H-pyrrole nitrogens is 1. The van der Waals surface area contributed by atoms with Crippen LogP contribution in [0.2, 0.25) is 0 Å². The van der Waals surface area contributed by atoms with Crippen molar-refractivity contribution in [3.8, 4) is 0 Å². The Morgan fingerprint density at radius 1 is 1.08 bits per heavy atom. The average molecular weight is 350 g/mol. The molecule has 0 saturated heterocycles. The topological polar surface area (TPSA) is 86.9 Å². The number of carbonyl (C=O) groups is 2. The zero-order valence-corrected chi connectivity index (χ0v) is 14.8. The van der Waals surface area contributed by atoms with Crippen LogP contribution >= 0.6 is 0 Å². The van der Waals surface area contributed by atoms with Crippen molar-refractivity contribution in [1.82, 2.24) is 20.6 Å². The van der Waals surface area contributed by atoms with Gasteiger partial charge < -0.3 is 15.6 Å². The summed E-state index contributed by atoms with van der Waals surface area (Å²) in [6.45, 7) is 3.79. The summed E-state index contributed by atoms with van der Waals surface area (Å²) < 4.78 is 0. The van der Waals surface area contributed by atoms with E-state index in [9.17, 15) is 9.59 Å². The Hall–Kier alpha value is -3.15. The smallest absolute Gasteiger partial charge is 0.252 e. The molecule has 0 bridgehead atoms. The van der Waals surface area contributed by atoms with Crippen molar-refractivity contribution in [3.05, 3.63) is 66.1 Å². The Labute approximate surface area is 152 Å². The van der Waals surface area contributed by atoms with Gasteiger partial charge in [0.15, 0.2) is 0 Å². The van der Waals surface area contributed by atoms with Gasteiger partial charge >= 0.3 is 0 Å². The minimum Gasteiger partial charge on any atom is -0.361 e. The molecular formula is C20H22N4O2. The van der Waals surface area contributed by atoms with E-state index in [4.69, 9.17) is 0 Å². The molecule has 0 unspecified atom stereocenters. The van der Waals surface area contributed by atoms with Crippen LogP contribution in [0.1, 0.15) is 29.8 Å². The van der Waals surface area contributed by atoms with Crippen LogP contribution in [-0.4, -0.2) is 33.9 Å². The summed E-state index contributed by atoms with van der Waals surface area (Å²) in [5.74, 6) is -0.496. The molecule has 6 heteroatoms. The van der Waals surface area contributed by atoms with E-state index in [0.29, 0.717) is 12.0 Å². The molecule has 0 radical (unpaired) electrons. The first kappa shape index (κ1) is 17.7. The van der Waals surface area contributed by atoms with Crippen molar-refractivity contribution < 1.29 is 9.59 Å². The van der Waals surface area contributed by atoms with Crippen molar-refractivity contribution in [1.29, 1.82) is 0 Å². The van der Waals surface area contributed by atoms with Gasteiger partial charge in [-0.2, -0.15) is 0 Å². The van der Waals surface area contributed by atoms with E-state index < -0.39 is 6.04 Å². The molecular weight excluding hydrogens is 328 g/mol. The third-order valence-electron chi connectivity index (χ3n) is 4.09. The summed E-state index contributed by atoms with van der Waals surface area (Å²) in [4.78, 5) is 32.3. The molecule has 6 nitrogen and oxygen atoms in total. The number of fused-ring (bicyclic) bond motifs is 1. The van der Waals surface area contributed by atoms with Gasteiger partial charge in [-0.1, -0.05) is 18.2 Å². The molecule has 2 aromatic heterocycles. The first-order valence-corrected chi connectivity index (χ1v) is 8.61. The molecule has 0 aliphatic heterocycles. The number of benzene rings is 1. The fourth-order valence-electron chi connectivity index (χ4n) is 2.86. The lowest BCUT2D eigenvalue weighted by molar-refractivity contribution is -0.123. The molecule has 3 N–H and O–H groups in total. The van der Waals surface area contributed by atoms with E-state index >= 15 is 0 Å². The second-order valence-corrected chi connectivity index (χ2v) is 6.49. The van der Waals surface area contributed by atoms with Gasteiger partial charge in [-0.25, -0.2) is 0 Å². The number of para-hydroxylation sites is 1. The third-order valence-corrected chi connectivity index (χ3v) is 4.09. The first-order chi connectivity index (χ1) is 12.5. The quantitative estimate of drug-likeness (QED) is 0.638. The third kappa shape index (κ3) is 4.08. The molecule has 3 aromatic rings. The summed E-state index contributed by atoms with van der Waals surface area (Å²) in [5.41, 5.74) is 2.46. The highest BCUT2D eigenvalue weighted by Gasteiger charge is 2.23. The number of hydrogen-bond acceptors (Lipinski definition) is 3. The van der Waals surface area contributed by atoms with Gasteiger partial charge in [0.25, 0.3) is 5.91 Å². The van der Waals surface area contributed by atoms with Crippen LogP contribution in [0.25, 0.3) is 10.9 Å². The number of rotatable bonds is 6. The summed E-state index contributed by atoms with van der Waals surface area (Å²) in [6, 6.07) is 10.5. The maximum Gasteiger partial charge on any atom is 0.252 e. The van der Waals surface area contributed by atoms with Gasteiger partial charge in [-0.3, -0.25) is 14.6 Å². The predicted molar refractivity (Wildman–Crippen MR) is 101 cm³/mol. The van der Waals surface area contributed by atoms with Crippen LogP contribution in [0.3, 0.4) is 0 Å². The Bertz CT molecular complexity index is 902. The van der Waals surface area contributed by atoms with Crippen LogP contribution in [0.15, 0.2) is 55.0 Å². The fraction of sp³-hybridized carbons (Fsp3) is 0.250. The highest BCUT2D eigenvalue weighted by Crippen LogP contribution is 2.19. The minimum absolute atomic E-state index is 0.00852. The van der Waals surface area contributed by atoms with Gasteiger partial charge in [0.05, 0.1) is 0 Å². The predicted octanol–water partition coefficient (Wildman–Crippen LogP) is 2.43. The molecule has 26 heavy (non-hydrogen) atoms. The molecule has 3 rings (SSSR count). The number of amides is 2. The number of carbonyl (C=O) groups excluding carboxylic acids is 2. The zero-order chi connectivity index (χ0) is 18.5. The van der Waals surface area contributed by atoms with E-state index in [1.54, 1.807) is 24.5 Å². The SMILES string of the molecule is CC(C)NC(=O)[C@@H](Cc1c[nH]c2ccccc12)NC(=O)c1ccncc1. The van der Waals surface area contributed by atoms with Crippen molar-refractivity contribution in [2.75, 3.05) is 0 Å². The molecule has 1 aromatic carbocycles. The van der Waals surface area contributed by atoms with Crippen LogP contribution in [-0.2, 0) is 11.2 Å². The lowest BCUT2D eigenvalue weighted by Gasteiger charge is -2.20. The lowest BCUT2D eigenvalue weighted by Crippen LogP contribution is -2.49. The minimum atomic E-state index is -0.669. The monoisotopic (exact) mass is 350 g/mol. The first-order valence-electron chi connectivity index (χ1n) is 8.61. The van der Waals surface area contributed by atoms with Gasteiger partial charge in [-0.05, 0) is 37.6 Å². The number of hydrogen-bond donors (Lipinski definition) is 3. The second-order valence-electron chi connectivity index (χ2n) is 6.49. The lowest BCUT2D eigenvalue weighted by atomic mass is 10.0. The number of aromatic amines is 1. The number of aromatic nitrogens is 2. The van der Waals surface area contributed by atoms with Crippen LogP contribution in [0.4, 0.5) is 0 Å². The Balaban J connectivity index is 1.83. The van der Waals surface area contributed by atoms with E-state index in [-0.39, 0.29) is 17.9 Å². The van der Waals surface area contributed by atoms with Crippen molar-refractivity contribution in [2.45, 2.75) is 32.4 Å². The Kier molecular flexibility index (Phi) is 5.31. The van der Waals surface area contributed by atoms with Crippen molar-refractivity contribution in [3.63, 3.8) is 0 Å². The van der Waals surface area contributed by atoms with Gasteiger partial charge in [0.1, 0.15) is 6.04 Å². The van der Waals surface area contributed by atoms with E-state index in [0.717, 1.165) is 16.5 Å². The van der Waals surface area contributed by atoms with E-state index in [1.165, 1.54) is 0 Å². The molecule has 1 atom stereocenters. The van der Waals surface area contributed by atoms with Gasteiger partial charge in [-0.15, -0.1) is 0 Å². The zero-order valence-electron chi connectivity index (χ0n) is 14.8. The maximum absolute atomic E-state index is 12.6. The highest BCUT2D eigenvalue weighted by atomic mass is 16.2. The number of nitrogens with zero attached hydrogens (tertiary/aromatic N) is 1. The highest BCUT2D eigenvalue weighted by molar-refractivity contribution is 5.97. The molecule has 134 valence electrons. The van der Waals surface area contributed by atoms with Gasteiger partial charge in [0.2, 0.25) is 5.91 Å². The van der Waals surface area contributed by atoms with E-state index in [2.05, 4.69) is 20.6 Å². The molecule has 2 amide bonds. The summed E-state index contributed by atoms with van der Waals surface area (Å²) in [5, 5.41) is 6.78. The second kappa shape index (κ2) is 7.82. The summed E-state index contributed by atoms with van der Waals surface area (Å²) in [6.07, 6.45) is 5.40. The number of pyridine rings is 1. The molecule has 0 fully saturated rings. The largest absolute Gasteiger partial charge is 0.361 e. The van der Waals surface area contributed by atoms with Crippen molar-refractivity contribution in [2.24, 2.45) is 0 Å². The fourth-order valence-corrected chi connectivity index (χ4v) is 2.86. The van der Waals surface area contributed by atoms with Crippen LogP contribution in [0, 0.1) is 0 Å². The average Bonchev–Trinajstić information content (AvgIpc) is 3.04. The maximum atomic E-state index is 12.6. The molecule has 0 saturated carbocycles. The van der Waals surface area contributed by atoms with E-state index in [1.807, 2.05) is 44.3 Å². The van der Waals surface area contributed by atoms with Crippen LogP contribution < -0.4 is 10.6 Å². The Morgan fingerprint density at radius 2 is 1.81 bits per heavy atom. The van der Waals surface area contributed by atoms with Crippen LogP contribution in [0.5, 0.6) is 0 Å². The molecule has 2 heterocycles. The standard InChI is InChI=1S/C20H22N4O2/c1-13(2)23-20(26)18(24-19(25)14-7-9-21-10-8-14)11-15-12-22-17-6-4-3-5-16(15)17/h3-10,12-13,18,22H,11H2,1-2H3,(H,23,26)(H,24,25)/t18-/m1/s1. The summed E-state index contributed by atoms with van der Waals surface area (Å²) in [7, 11) is 0. The van der Waals surface area contributed by atoms with Crippen molar-refractivity contribution >= 4 is 22.7 Å². The molecule has 0 spiro atoms.